The Kier molecular flexibility index (Phi) is 6.73. The molecule has 0 radical (unpaired) electrons. The van der Waals surface area contributed by atoms with Gasteiger partial charge in [0.25, 0.3) is 0 Å². The molecular weight excluding hydrogens is 348 g/mol. The Morgan fingerprint density at radius 1 is 1.07 bits per heavy atom. The van der Waals surface area contributed by atoms with Crippen LogP contribution in [0.5, 0.6) is 0 Å². The lowest BCUT2D eigenvalue weighted by Gasteiger charge is -2.27. The summed E-state index contributed by atoms with van der Waals surface area (Å²) in [6.45, 7) is 5.42. The van der Waals surface area contributed by atoms with Crippen LogP contribution in [0, 0.1) is 0 Å². The maximum absolute atomic E-state index is 12.8. The molecule has 0 bridgehead atoms. The summed E-state index contributed by atoms with van der Waals surface area (Å²) >= 11 is 0. The summed E-state index contributed by atoms with van der Waals surface area (Å²) < 4.78 is 1.77. The van der Waals surface area contributed by atoms with E-state index in [1.165, 1.54) is 0 Å². The number of hydrogen-bond acceptors (Lipinski definition) is 3. The first-order chi connectivity index (χ1) is 13.7. The molecule has 3 aromatic rings. The zero-order valence-corrected chi connectivity index (χ0v) is 16.4. The summed E-state index contributed by atoms with van der Waals surface area (Å²) in [5.74, 6) is -0.0178. The maximum Gasteiger partial charge on any atom is 0.247 e. The summed E-state index contributed by atoms with van der Waals surface area (Å²) in [6.07, 6.45) is 6.07. The summed E-state index contributed by atoms with van der Waals surface area (Å²) in [4.78, 5) is 14.7. The van der Waals surface area contributed by atoms with Crippen molar-refractivity contribution in [2.75, 3.05) is 0 Å². The fraction of sp³-hybridized carbons (Fsp3) is 0.261. The van der Waals surface area contributed by atoms with E-state index in [1.807, 2.05) is 71.8 Å². The van der Waals surface area contributed by atoms with Gasteiger partial charge in [0, 0.05) is 18.7 Å². The minimum absolute atomic E-state index is 0.0178. The minimum atomic E-state index is -0.0178. The van der Waals surface area contributed by atoms with E-state index in [0.29, 0.717) is 18.8 Å². The van der Waals surface area contributed by atoms with E-state index in [-0.39, 0.29) is 11.9 Å². The second-order valence-corrected chi connectivity index (χ2v) is 6.87. The third-order valence-corrected chi connectivity index (χ3v) is 4.74. The molecule has 1 aromatic heterocycles. The number of rotatable bonds is 8. The van der Waals surface area contributed by atoms with Gasteiger partial charge in [0.15, 0.2) is 0 Å². The van der Waals surface area contributed by atoms with Crippen LogP contribution in [0.4, 0.5) is 0 Å². The summed E-state index contributed by atoms with van der Waals surface area (Å²) in [7, 11) is 0. The first-order valence-electron chi connectivity index (χ1n) is 9.62. The van der Waals surface area contributed by atoms with Crippen LogP contribution in [-0.2, 0) is 17.9 Å². The molecule has 144 valence electrons. The van der Waals surface area contributed by atoms with Crippen molar-refractivity contribution in [3.05, 3.63) is 89.8 Å². The standard InChI is InChI=1S/C23H26N4O/c1-3-19(2)27(17-21-12-8-5-9-13-21)23(28)15-14-22-18-26(25-24-22)16-20-10-6-4-7-11-20/h4-15,18-19H,3,16-17H2,1-2H3/b15-14+. The average Bonchev–Trinajstić information content (AvgIpc) is 3.18. The summed E-state index contributed by atoms with van der Waals surface area (Å²) in [6, 6.07) is 20.3. The molecule has 28 heavy (non-hydrogen) atoms. The van der Waals surface area contributed by atoms with Gasteiger partial charge in [0.05, 0.1) is 12.7 Å². The predicted molar refractivity (Wildman–Crippen MR) is 111 cm³/mol. The molecule has 0 aliphatic heterocycles. The number of hydrogen-bond donors (Lipinski definition) is 0. The normalized spacial score (nSPS) is 12.2. The molecule has 1 atom stereocenters. The van der Waals surface area contributed by atoms with E-state index >= 15 is 0 Å². The van der Waals surface area contributed by atoms with Crippen molar-refractivity contribution in [3.8, 4) is 0 Å². The number of aromatic nitrogens is 3. The van der Waals surface area contributed by atoms with Gasteiger partial charge in [0.2, 0.25) is 5.91 Å². The van der Waals surface area contributed by atoms with E-state index in [0.717, 1.165) is 17.5 Å². The predicted octanol–water partition coefficient (Wildman–Crippen LogP) is 4.17. The zero-order chi connectivity index (χ0) is 19.8. The van der Waals surface area contributed by atoms with Crippen molar-refractivity contribution < 1.29 is 4.79 Å². The Balaban J connectivity index is 1.66. The molecule has 1 amide bonds. The molecule has 0 aliphatic rings. The second kappa shape index (κ2) is 9.65. The molecule has 0 spiro atoms. The summed E-state index contributed by atoms with van der Waals surface area (Å²) in [5, 5.41) is 8.29. The molecule has 5 nitrogen and oxygen atoms in total. The highest BCUT2D eigenvalue weighted by molar-refractivity contribution is 5.91. The van der Waals surface area contributed by atoms with E-state index in [2.05, 4.69) is 24.2 Å². The number of amides is 1. The Bertz CT molecular complexity index is 903. The molecule has 0 N–H and O–H groups in total. The topological polar surface area (TPSA) is 51.0 Å². The number of carbonyl (C=O) groups excluding carboxylic acids is 1. The molecule has 5 heteroatoms. The quantitative estimate of drug-likeness (QED) is 0.556. The van der Waals surface area contributed by atoms with Gasteiger partial charge in [-0.05, 0) is 30.5 Å². The van der Waals surface area contributed by atoms with Crippen molar-refractivity contribution in [2.45, 2.75) is 39.4 Å². The lowest BCUT2D eigenvalue weighted by atomic mass is 10.1. The van der Waals surface area contributed by atoms with Gasteiger partial charge in [-0.1, -0.05) is 72.8 Å². The minimum Gasteiger partial charge on any atom is -0.332 e. The highest BCUT2D eigenvalue weighted by atomic mass is 16.2. The van der Waals surface area contributed by atoms with E-state index in [1.54, 1.807) is 16.8 Å². The van der Waals surface area contributed by atoms with Crippen LogP contribution in [0.25, 0.3) is 6.08 Å². The SMILES string of the molecule is CCC(C)N(Cc1ccccc1)C(=O)/C=C/c1cn(Cc2ccccc2)nn1. The molecule has 0 saturated heterocycles. The first-order valence-corrected chi connectivity index (χ1v) is 9.62. The molecule has 2 aromatic carbocycles. The van der Waals surface area contributed by atoms with Crippen LogP contribution < -0.4 is 0 Å². The first kappa shape index (κ1) is 19.5. The molecule has 0 fully saturated rings. The smallest absolute Gasteiger partial charge is 0.247 e. The maximum atomic E-state index is 12.8. The molecule has 0 saturated carbocycles. The monoisotopic (exact) mass is 374 g/mol. The lowest BCUT2D eigenvalue weighted by molar-refractivity contribution is -0.128. The Morgan fingerprint density at radius 2 is 1.71 bits per heavy atom. The van der Waals surface area contributed by atoms with Crippen LogP contribution in [-0.4, -0.2) is 31.8 Å². The fourth-order valence-corrected chi connectivity index (χ4v) is 2.94. The van der Waals surface area contributed by atoms with Crippen molar-refractivity contribution in [3.63, 3.8) is 0 Å². The largest absolute Gasteiger partial charge is 0.332 e. The molecule has 1 heterocycles. The number of carbonyl (C=O) groups is 1. The molecule has 1 unspecified atom stereocenters. The van der Waals surface area contributed by atoms with Gasteiger partial charge in [-0.25, -0.2) is 4.68 Å². The van der Waals surface area contributed by atoms with E-state index in [9.17, 15) is 4.79 Å². The fourth-order valence-electron chi connectivity index (χ4n) is 2.94. The average molecular weight is 374 g/mol. The Morgan fingerprint density at radius 3 is 2.36 bits per heavy atom. The van der Waals surface area contributed by atoms with Crippen molar-refractivity contribution in [1.29, 1.82) is 0 Å². The Labute approximate surface area is 166 Å². The lowest BCUT2D eigenvalue weighted by Crippen LogP contribution is -2.36. The van der Waals surface area contributed by atoms with Gasteiger partial charge < -0.3 is 4.90 Å². The Hall–Kier alpha value is -3.21. The van der Waals surface area contributed by atoms with Crippen LogP contribution in [0.15, 0.2) is 72.9 Å². The van der Waals surface area contributed by atoms with Crippen LogP contribution >= 0.6 is 0 Å². The van der Waals surface area contributed by atoms with Gasteiger partial charge in [-0.3, -0.25) is 4.79 Å². The van der Waals surface area contributed by atoms with E-state index in [4.69, 9.17) is 0 Å². The third kappa shape index (κ3) is 5.39. The van der Waals surface area contributed by atoms with Gasteiger partial charge >= 0.3 is 0 Å². The third-order valence-electron chi connectivity index (χ3n) is 4.74. The van der Waals surface area contributed by atoms with Gasteiger partial charge in [-0.2, -0.15) is 0 Å². The van der Waals surface area contributed by atoms with Gasteiger partial charge in [0.1, 0.15) is 5.69 Å². The number of nitrogens with zero attached hydrogens (tertiary/aromatic N) is 4. The van der Waals surface area contributed by atoms with Crippen LogP contribution in [0.2, 0.25) is 0 Å². The van der Waals surface area contributed by atoms with Crippen molar-refractivity contribution in [2.24, 2.45) is 0 Å². The second-order valence-electron chi connectivity index (χ2n) is 6.87. The zero-order valence-electron chi connectivity index (χ0n) is 16.4. The number of benzene rings is 2. The molecule has 0 aliphatic carbocycles. The molecular formula is C23H26N4O. The van der Waals surface area contributed by atoms with Crippen molar-refractivity contribution >= 4 is 12.0 Å². The highest BCUT2D eigenvalue weighted by Crippen LogP contribution is 2.12. The van der Waals surface area contributed by atoms with Crippen LogP contribution in [0.1, 0.15) is 37.1 Å². The van der Waals surface area contributed by atoms with Crippen LogP contribution in [0.3, 0.4) is 0 Å². The van der Waals surface area contributed by atoms with Gasteiger partial charge in [-0.15, -0.1) is 5.10 Å². The molecule has 3 rings (SSSR count). The van der Waals surface area contributed by atoms with Crippen molar-refractivity contribution in [1.82, 2.24) is 19.9 Å². The van der Waals surface area contributed by atoms with E-state index < -0.39 is 0 Å². The summed E-state index contributed by atoms with van der Waals surface area (Å²) in [5.41, 5.74) is 2.95. The highest BCUT2D eigenvalue weighted by Gasteiger charge is 2.17.